The van der Waals surface area contributed by atoms with Crippen molar-refractivity contribution in [3.05, 3.63) is 51.9 Å². The van der Waals surface area contributed by atoms with Crippen molar-refractivity contribution in [3.63, 3.8) is 0 Å². The summed E-state index contributed by atoms with van der Waals surface area (Å²) in [6.07, 6.45) is 0. The van der Waals surface area contributed by atoms with Gasteiger partial charge in [0.05, 0.1) is 6.61 Å². The molecule has 3 rings (SSSR count). The van der Waals surface area contributed by atoms with Crippen LogP contribution in [0.2, 0.25) is 0 Å². The summed E-state index contributed by atoms with van der Waals surface area (Å²) in [7, 11) is 0. The van der Waals surface area contributed by atoms with Gasteiger partial charge in [-0.25, -0.2) is 9.78 Å². The molecule has 0 N–H and O–H groups in total. The van der Waals surface area contributed by atoms with Crippen molar-refractivity contribution in [2.75, 3.05) is 6.61 Å². The van der Waals surface area contributed by atoms with E-state index in [-0.39, 0.29) is 35.0 Å². The first-order chi connectivity index (χ1) is 11.9. The van der Waals surface area contributed by atoms with Gasteiger partial charge < -0.3 is 9.47 Å². The van der Waals surface area contributed by atoms with Crippen molar-refractivity contribution >= 4 is 17.7 Å². The first kappa shape index (κ1) is 17.5. The van der Waals surface area contributed by atoms with Gasteiger partial charge in [-0.05, 0) is 26.3 Å². The van der Waals surface area contributed by atoms with Gasteiger partial charge in [-0.2, -0.15) is 0 Å². The van der Waals surface area contributed by atoms with E-state index in [9.17, 15) is 9.59 Å². The second-order valence-corrected chi connectivity index (χ2v) is 7.99. The highest BCUT2D eigenvalue weighted by Gasteiger charge is 2.35. The second-order valence-electron chi connectivity index (χ2n) is 6.32. The Morgan fingerprint density at radius 2 is 2.04 bits per heavy atom. The number of esters is 1. The summed E-state index contributed by atoms with van der Waals surface area (Å²) >= 11 is 1.47. The minimum Gasteiger partial charge on any atom is -0.481 e. The van der Waals surface area contributed by atoms with E-state index >= 15 is 0 Å². The molecule has 132 valence electrons. The van der Waals surface area contributed by atoms with E-state index < -0.39 is 5.97 Å². The van der Waals surface area contributed by atoms with Gasteiger partial charge in [0.1, 0.15) is 6.61 Å². The zero-order valence-electron chi connectivity index (χ0n) is 14.4. The topological polar surface area (TPSA) is 70.4 Å². The van der Waals surface area contributed by atoms with Gasteiger partial charge in [0.25, 0.3) is 5.56 Å². The lowest BCUT2D eigenvalue weighted by Gasteiger charge is -2.13. The van der Waals surface area contributed by atoms with Crippen LogP contribution in [0.25, 0.3) is 0 Å². The summed E-state index contributed by atoms with van der Waals surface area (Å²) in [5.74, 6) is -0.694. The van der Waals surface area contributed by atoms with Crippen LogP contribution < -0.4 is 10.3 Å². The Hall–Kier alpha value is -2.28. The molecular formula is C18H20N2O4S. The van der Waals surface area contributed by atoms with Crippen molar-refractivity contribution in [2.24, 2.45) is 0 Å². The van der Waals surface area contributed by atoms with Gasteiger partial charge in [0.2, 0.25) is 5.75 Å². The SMILES string of the molecule is CCOC(=O)c1nc2n(c(=O)c1OCc1ccccc1)CC(C)(C)S2. The molecule has 0 saturated heterocycles. The Kier molecular flexibility index (Phi) is 4.85. The lowest BCUT2D eigenvalue weighted by Crippen LogP contribution is -2.28. The number of carbonyl (C=O) groups excluding carboxylic acids is 1. The zero-order chi connectivity index (χ0) is 18.0. The van der Waals surface area contributed by atoms with Crippen LogP contribution in [0.4, 0.5) is 0 Å². The molecule has 25 heavy (non-hydrogen) atoms. The minimum absolute atomic E-state index is 0.0515. The highest BCUT2D eigenvalue weighted by atomic mass is 32.2. The fraction of sp³-hybridized carbons (Fsp3) is 0.389. The quantitative estimate of drug-likeness (QED) is 0.603. The molecule has 0 radical (unpaired) electrons. The summed E-state index contributed by atoms with van der Waals surface area (Å²) in [6.45, 7) is 6.67. The summed E-state index contributed by atoms with van der Waals surface area (Å²) in [5.41, 5.74) is 0.498. The Labute approximate surface area is 150 Å². The molecule has 6 nitrogen and oxygen atoms in total. The second kappa shape index (κ2) is 6.92. The molecule has 7 heteroatoms. The number of benzene rings is 1. The maximum Gasteiger partial charge on any atom is 0.361 e. The van der Waals surface area contributed by atoms with E-state index in [0.29, 0.717) is 11.7 Å². The lowest BCUT2D eigenvalue weighted by atomic mass is 10.2. The molecule has 2 heterocycles. The molecule has 1 aromatic heterocycles. The van der Waals surface area contributed by atoms with Gasteiger partial charge in [-0.1, -0.05) is 42.1 Å². The number of fused-ring (bicyclic) bond motifs is 1. The van der Waals surface area contributed by atoms with E-state index in [2.05, 4.69) is 4.98 Å². The molecule has 2 aromatic rings. The van der Waals surface area contributed by atoms with Crippen LogP contribution in [0, 0.1) is 0 Å². The number of ether oxygens (including phenoxy) is 2. The molecule has 1 aromatic carbocycles. The summed E-state index contributed by atoms with van der Waals surface area (Å²) in [4.78, 5) is 29.5. The van der Waals surface area contributed by atoms with Crippen molar-refractivity contribution in [3.8, 4) is 5.75 Å². The van der Waals surface area contributed by atoms with Crippen molar-refractivity contribution in [2.45, 2.75) is 43.8 Å². The van der Waals surface area contributed by atoms with Gasteiger partial charge in [-0.15, -0.1) is 0 Å². The first-order valence-corrected chi connectivity index (χ1v) is 8.90. The third-order valence-electron chi connectivity index (χ3n) is 3.69. The van der Waals surface area contributed by atoms with Crippen LogP contribution in [0.15, 0.2) is 40.3 Å². The van der Waals surface area contributed by atoms with Crippen LogP contribution in [0.1, 0.15) is 36.8 Å². The highest BCUT2D eigenvalue weighted by Crippen LogP contribution is 2.39. The van der Waals surface area contributed by atoms with Crippen molar-refractivity contribution < 1.29 is 14.3 Å². The van der Waals surface area contributed by atoms with Gasteiger partial charge in [0.15, 0.2) is 10.9 Å². The van der Waals surface area contributed by atoms with E-state index in [1.165, 1.54) is 11.8 Å². The molecule has 0 saturated carbocycles. The number of rotatable bonds is 5. The normalized spacial score (nSPS) is 14.8. The first-order valence-electron chi connectivity index (χ1n) is 8.09. The monoisotopic (exact) mass is 360 g/mol. The van der Waals surface area contributed by atoms with Crippen LogP contribution in [0.3, 0.4) is 0 Å². The molecule has 1 aliphatic rings. The fourth-order valence-corrected chi connectivity index (χ4v) is 3.68. The largest absolute Gasteiger partial charge is 0.481 e. The Balaban J connectivity index is 2.00. The summed E-state index contributed by atoms with van der Waals surface area (Å²) < 4.78 is 12.2. The molecule has 0 unspecified atom stereocenters. The van der Waals surface area contributed by atoms with Crippen LogP contribution in [-0.2, 0) is 17.9 Å². The van der Waals surface area contributed by atoms with E-state index in [4.69, 9.17) is 9.47 Å². The maximum atomic E-state index is 12.9. The minimum atomic E-state index is -0.642. The van der Waals surface area contributed by atoms with Gasteiger partial charge in [0, 0.05) is 11.3 Å². The van der Waals surface area contributed by atoms with E-state index in [1.54, 1.807) is 11.5 Å². The molecule has 0 spiro atoms. The average molecular weight is 360 g/mol. The Morgan fingerprint density at radius 1 is 1.32 bits per heavy atom. The molecule has 0 bridgehead atoms. The zero-order valence-corrected chi connectivity index (χ0v) is 15.3. The standard InChI is InChI=1S/C18H20N2O4S/c1-4-23-16(22)13-14(24-10-12-8-6-5-7-9-12)15(21)20-11-18(2,3)25-17(20)19-13/h5-9H,4,10-11H2,1-3H3. The Bertz CT molecular complexity index is 846. The fourth-order valence-electron chi connectivity index (χ4n) is 2.59. The molecule has 0 amide bonds. The van der Waals surface area contributed by atoms with Gasteiger partial charge in [-0.3, -0.25) is 9.36 Å². The van der Waals surface area contributed by atoms with Crippen LogP contribution in [-0.4, -0.2) is 26.9 Å². The van der Waals surface area contributed by atoms with Crippen molar-refractivity contribution in [1.29, 1.82) is 0 Å². The summed E-state index contributed by atoms with van der Waals surface area (Å²) in [6, 6.07) is 9.46. The Morgan fingerprint density at radius 3 is 2.72 bits per heavy atom. The number of carbonyl (C=O) groups is 1. The number of aromatic nitrogens is 2. The number of hydrogen-bond donors (Lipinski definition) is 0. The van der Waals surface area contributed by atoms with E-state index in [0.717, 1.165) is 5.56 Å². The molecule has 0 aliphatic carbocycles. The lowest BCUT2D eigenvalue weighted by molar-refractivity contribution is 0.0511. The summed E-state index contributed by atoms with van der Waals surface area (Å²) in [5, 5.41) is 0.519. The third kappa shape index (κ3) is 3.71. The average Bonchev–Trinajstić information content (AvgIpc) is 2.89. The molecule has 0 fully saturated rings. The third-order valence-corrected chi connectivity index (χ3v) is 4.87. The molecule has 0 atom stereocenters. The van der Waals surface area contributed by atoms with Crippen LogP contribution >= 0.6 is 11.8 Å². The predicted octanol–water partition coefficient (Wildman–Crippen LogP) is 2.88. The van der Waals surface area contributed by atoms with Gasteiger partial charge >= 0.3 is 5.97 Å². The van der Waals surface area contributed by atoms with Crippen LogP contribution in [0.5, 0.6) is 5.75 Å². The van der Waals surface area contributed by atoms with E-state index in [1.807, 2.05) is 44.2 Å². The smallest absolute Gasteiger partial charge is 0.361 e. The molecule has 1 aliphatic heterocycles. The highest BCUT2D eigenvalue weighted by molar-refractivity contribution is 8.00. The molecular weight excluding hydrogens is 340 g/mol. The number of nitrogens with zero attached hydrogens (tertiary/aromatic N) is 2. The predicted molar refractivity (Wildman–Crippen MR) is 95.2 cm³/mol. The number of hydrogen-bond acceptors (Lipinski definition) is 6. The maximum absolute atomic E-state index is 12.9. The number of thioether (sulfide) groups is 1. The van der Waals surface area contributed by atoms with Crippen molar-refractivity contribution in [1.82, 2.24) is 9.55 Å².